The molecule has 5 heteroatoms. The van der Waals surface area contributed by atoms with Gasteiger partial charge in [-0.3, -0.25) is 4.79 Å². The Kier molecular flexibility index (Phi) is 5.67. The molecule has 0 bridgehead atoms. The van der Waals surface area contributed by atoms with E-state index in [2.05, 4.69) is 38.2 Å². The zero-order valence-electron chi connectivity index (χ0n) is 15.7. The number of carbonyl (C=O) groups is 1. The first-order chi connectivity index (χ1) is 12.4. The highest BCUT2D eigenvalue weighted by atomic mass is 16.5. The van der Waals surface area contributed by atoms with Crippen LogP contribution in [0.25, 0.3) is 0 Å². The number of furan rings is 1. The fourth-order valence-corrected chi connectivity index (χ4v) is 2.88. The van der Waals surface area contributed by atoms with Gasteiger partial charge in [-0.05, 0) is 48.1 Å². The molecule has 0 radical (unpaired) electrons. The van der Waals surface area contributed by atoms with E-state index in [0.29, 0.717) is 18.1 Å². The standard InChI is InChI=1S/C21H27NO4/c1-21(2,3)15-6-8-16(9-7-15)25-14-18-10-11-19(26-18)20(23)22-13-17-5-4-12-24-17/h6-11,17H,4-5,12-14H2,1-3H3,(H,22,23)/t17-/m0/s1. The van der Waals surface area contributed by atoms with E-state index >= 15 is 0 Å². The normalized spacial score (nSPS) is 17.3. The summed E-state index contributed by atoms with van der Waals surface area (Å²) in [6.07, 6.45) is 2.16. The van der Waals surface area contributed by atoms with Crippen molar-refractivity contribution in [3.63, 3.8) is 0 Å². The van der Waals surface area contributed by atoms with Gasteiger partial charge < -0.3 is 19.2 Å². The highest BCUT2D eigenvalue weighted by Gasteiger charge is 2.18. The topological polar surface area (TPSA) is 60.7 Å². The minimum Gasteiger partial charge on any atom is -0.486 e. The lowest BCUT2D eigenvalue weighted by Gasteiger charge is -2.19. The number of carbonyl (C=O) groups excluding carboxylic acids is 1. The second-order valence-corrected chi connectivity index (χ2v) is 7.67. The zero-order valence-corrected chi connectivity index (χ0v) is 15.7. The number of rotatable bonds is 6. The second-order valence-electron chi connectivity index (χ2n) is 7.67. The highest BCUT2D eigenvalue weighted by Crippen LogP contribution is 2.24. The van der Waals surface area contributed by atoms with Gasteiger partial charge in [-0.25, -0.2) is 0 Å². The van der Waals surface area contributed by atoms with Crippen LogP contribution in [-0.2, 0) is 16.8 Å². The summed E-state index contributed by atoms with van der Waals surface area (Å²) in [5, 5.41) is 2.85. The highest BCUT2D eigenvalue weighted by molar-refractivity contribution is 5.91. The van der Waals surface area contributed by atoms with E-state index in [9.17, 15) is 4.79 Å². The molecule has 0 unspecified atom stereocenters. The van der Waals surface area contributed by atoms with Crippen LogP contribution in [0.4, 0.5) is 0 Å². The van der Waals surface area contributed by atoms with E-state index in [0.717, 1.165) is 25.2 Å². The molecule has 1 atom stereocenters. The number of ether oxygens (including phenoxy) is 2. The third kappa shape index (κ3) is 4.88. The van der Waals surface area contributed by atoms with Gasteiger partial charge in [0.2, 0.25) is 0 Å². The molecule has 2 heterocycles. The molecule has 1 aromatic heterocycles. The van der Waals surface area contributed by atoms with Crippen LogP contribution in [0.15, 0.2) is 40.8 Å². The van der Waals surface area contributed by atoms with E-state index in [4.69, 9.17) is 13.9 Å². The van der Waals surface area contributed by atoms with Gasteiger partial charge in [-0.2, -0.15) is 0 Å². The molecule has 0 saturated carbocycles. The van der Waals surface area contributed by atoms with Crippen molar-refractivity contribution in [2.24, 2.45) is 0 Å². The third-order valence-electron chi connectivity index (χ3n) is 4.50. The fourth-order valence-electron chi connectivity index (χ4n) is 2.88. The Morgan fingerprint density at radius 1 is 1.19 bits per heavy atom. The van der Waals surface area contributed by atoms with Crippen molar-refractivity contribution in [3.8, 4) is 5.75 Å². The van der Waals surface area contributed by atoms with Gasteiger partial charge in [0.1, 0.15) is 18.1 Å². The van der Waals surface area contributed by atoms with Crippen molar-refractivity contribution in [2.45, 2.75) is 51.7 Å². The first-order valence-electron chi connectivity index (χ1n) is 9.14. The average Bonchev–Trinajstić information content (AvgIpc) is 3.29. The van der Waals surface area contributed by atoms with Crippen molar-refractivity contribution < 1.29 is 18.7 Å². The SMILES string of the molecule is CC(C)(C)c1ccc(OCc2ccc(C(=O)NC[C@@H]3CCCO3)o2)cc1. The number of hydrogen-bond acceptors (Lipinski definition) is 4. The Labute approximate surface area is 154 Å². The number of nitrogens with one attached hydrogen (secondary N) is 1. The maximum atomic E-state index is 12.1. The van der Waals surface area contributed by atoms with Gasteiger partial charge in [-0.15, -0.1) is 0 Å². The van der Waals surface area contributed by atoms with Crippen LogP contribution in [0.5, 0.6) is 5.75 Å². The molecule has 0 aliphatic carbocycles. The van der Waals surface area contributed by atoms with E-state index in [1.165, 1.54) is 5.56 Å². The maximum Gasteiger partial charge on any atom is 0.287 e. The molecular formula is C21H27NO4. The lowest BCUT2D eigenvalue weighted by atomic mass is 9.87. The van der Waals surface area contributed by atoms with Crippen LogP contribution in [-0.4, -0.2) is 25.2 Å². The lowest BCUT2D eigenvalue weighted by Crippen LogP contribution is -2.31. The summed E-state index contributed by atoms with van der Waals surface area (Å²) in [6, 6.07) is 11.5. The van der Waals surface area contributed by atoms with Gasteiger partial charge in [-0.1, -0.05) is 32.9 Å². The fraction of sp³-hybridized carbons (Fsp3) is 0.476. The summed E-state index contributed by atoms with van der Waals surface area (Å²) in [4.78, 5) is 12.1. The molecule has 3 rings (SSSR count). The Morgan fingerprint density at radius 2 is 1.96 bits per heavy atom. The van der Waals surface area contributed by atoms with Gasteiger partial charge in [0.05, 0.1) is 6.10 Å². The minimum atomic E-state index is -0.221. The predicted octanol–water partition coefficient (Wildman–Crippen LogP) is 4.06. The summed E-state index contributed by atoms with van der Waals surface area (Å²) in [5.74, 6) is 1.47. The molecular weight excluding hydrogens is 330 g/mol. The maximum absolute atomic E-state index is 12.1. The van der Waals surface area contributed by atoms with Gasteiger partial charge >= 0.3 is 0 Å². The van der Waals surface area contributed by atoms with Gasteiger partial charge in [0.15, 0.2) is 5.76 Å². The zero-order chi connectivity index (χ0) is 18.6. The first-order valence-corrected chi connectivity index (χ1v) is 9.14. The summed E-state index contributed by atoms with van der Waals surface area (Å²) in [7, 11) is 0. The molecule has 1 N–H and O–H groups in total. The number of benzene rings is 1. The smallest absolute Gasteiger partial charge is 0.287 e. The Balaban J connectivity index is 1.49. The van der Waals surface area contributed by atoms with Crippen molar-refractivity contribution in [2.75, 3.05) is 13.2 Å². The van der Waals surface area contributed by atoms with Crippen LogP contribution < -0.4 is 10.1 Å². The monoisotopic (exact) mass is 357 g/mol. The lowest BCUT2D eigenvalue weighted by molar-refractivity contribution is 0.0832. The summed E-state index contributed by atoms with van der Waals surface area (Å²) < 4.78 is 16.8. The summed E-state index contributed by atoms with van der Waals surface area (Å²) in [5.41, 5.74) is 1.37. The summed E-state index contributed by atoms with van der Waals surface area (Å²) >= 11 is 0. The summed E-state index contributed by atoms with van der Waals surface area (Å²) in [6.45, 7) is 8.12. The van der Waals surface area contributed by atoms with E-state index < -0.39 is 0 Å². The first kappa shape index (κ1) is 18.5. The molecule has 140 valence electrons. The van der Waals surface area contributed by atoms with Crippen LogP contribution in [0, 0.1) is 0 Å². The van der Waals surface area contributed by atoms with E-state index in [1.54, 1.807) is 12.1 Å². The molecule has 1 saturated heterocycles. The molecule has 0 spiro atoms. The molecule has 1 aliphatic heterocycles. The predicted molar refractivity (Wildman–Crippen MR) is 99.5 cm³/mol. The molecule has 1 fully saturated rings. The second kappa shape index (κ2) is 7.96. The molecule has 2 aromatic rings. The third-order valence-corrected chi connectivity index (χ3v) is 4.50. The number of hydrogen-bond donors (Lipinski definition) is 1. The van der Waals surface area contributed by atoms with Crippen molar-refractivity contribution in [1.29, 1.82) is 0 Å². The molecule has 1 aromatic carbocycles. The molecule has 1 amide bonds. The van der Waals surface area contributed by atoms with Gasteiger partial charge in [0, 0.05) is 13.2 Å². The minimum absolute atomic E-state index is 0.116. The van der Waals surface area contributed by atoms with E-state index in [-0.39, 0.29) is 24.0 Å². The molecule has 1 aliphatic rings. The Morgan fingerprint density at radius 3 is 2.62 bits per heavy atom. The van der Waals surface area contributed by atoms with E-state index in [1.807, 2.05) is 12.1 Å². The van der Waals surface area contributed by atoms with Crippen LogP contribution >= 0.6 is 0 Å². The number of amides is 1. The van der Waals surface area contributed by atoms with Crippen molar-refractivity contribution in [1.82, 2.24) is 5.32 Å². The van der Waals surface area contributed by atoms with Crippen LogP contribution in [0.2, 0.25) is 0 Å². The van der Waals surface area contributed by atoms with Crippen molar-refractivity contribution >= 4 is 5.91 Å². The largest absolute Gasteiger partial charge is 0.486 e. The van der Waals surface area contributed by atoms with Gasteiger partial charge in [0.25, 0.3) is 5.91 Å². The quantitative estimate of drug-likeness (QED) is 0.847. The molecule has 26 heavy (non-hydrogen) atoms. The Hall–Kier alpha value is -2.27. The van der Waals surface area contributed by atoms with Crippen LogP contribution in [0.1, 0.15) is 55.5 Å². The Bertz CT molecular complexity index is 721. The van der Waals surface area contributed by atoms with Crippen LogP contribution in [0.3, 0.4) is 0 Å². The average molecular weight is 357 g/mol. The van der Waals surface area contributed by atoms with Crippen molar-refractivity contribution in [3.05, 3.63) is 53.5 Å². The molecule has 5 nitrogen and oxygen atoms in total.